The van der Waals surface area contributed by atoms with Crippen LogP contribution in [0.15, 0.2) is 24.3 Å². The average molecular weight is 340 g/mol. The summed E-state index contributed by atoms with van der Waals surface area (Å²) in [6.07, 6.45) is 6.73. The molecule has 5 aliphatic rings. The highest BCUT2D eigenvalue weighted by molar-refractivity contribution is 6.00. The van der Waals surface area contributed by atoms with Gasteiger partial charge in [0.2, 0.25) is 5.91 Å². The van der Waals surface area contributed by atoms with Crippen LogP contribution in [-0.4, -0.2) is 23.5 Å². The average Bonchev–Trinajstić information content (AvgIpc) is 2.53. The number of amides is 2. The van der Waals surface area contributed by atoms with Gasteiger partial charge in [-0.1, -0.05) is 12.1 Å². The summed E-state index contributed by atoms with van der Waals surface area (Å²) in [6, 6.07) is 7.34. The van der Waals surface area contributed by atoms with Crippen LogP contribution in [0, 0.1) is 17.8 Å². The molecule has 0 aromatic heterocycles. The smallest absolute Gasteiger partial charge is 0.266 e. The van der Waals surface area contributed by atoms with E-state index in [1.54, 1.807) is 6.07 Å². The van der Waals surface area contributed by atoms with Gasteiger partial charge in [0.05, 0.1) is 12.1 Å². The first-order valence-corrected chi connectivity index (χ1v) is 9.46. The van der Waals surface area contributed by atoms with E-state index in [2.05, 4.69) is 10.6 Å². The Morgan fingerprint density at radius 2 is 1.76 bits per heavy atom. The summed E-state index contributed by atoms with van der Waals surface area (Å²) in [7, 11) is 0. The second-order valence-corrected chi connectivity index (χ2v) is 8.54. The molecule has 4 fully saturated rings. The van der Waals surface area contributed by atoms with Gasteiger partial charge >= 0.3 is 0 Å². The van der Waals surface area contributed by atoms with E-state index in [1.807, 2.05) is 18.2 Å². The van der Waals surface area contributed by atoms with Crippen molar-refractivity contribution in [3.8, 4) is 5.75 Å². The largest absolute Gasteiger partial charge is 0.478 e. The normalized spacial score (nSPS) is 37.8. The second kappa shape index (κ2) is 5.48. The lowest BCUT2D eigenvalue weighted by atomic mass is 9.53. The van der Waals surface area contributed by atoms with E-state index >= 15 is 0 Å². The summed E-state index contributed by atoms with van der Waals surface area (Å²) in [6.45, 7) is 0. The number of ether oxygens (including phenoxy) is 1. The maximum Gasteiger partial charge on any atom is 0.266 e. The number of nitrogens with one attached hydrogen (secondary N) is 2. The Morgan fingerprint density at radius 1 is 1.12 bits per heavy atom. The van der Waals surface area contributed by atoms with Gasteiger partial charge < -0.3 is 15.4 Å². The number of hydrogen-bond acceptors (Lipinski definition) is 3. The molecule has 1 aliphatic heterocycles. The summed E-state index contributed by atoms with van der Waals surface area (Å²) in [4.78, 5) is 24.9. The zero-order valence-electron chi connectivity index (χ0n) is 14.3. The number of benzene rings is 1. The van der Waals surface area contributed by atoms with Crippen LogP contribution >= 0.6 is 0 Å². The van der Waals surface area contributed by atoms with E-state index in [-0.39, 0.29) is 23.8 Å². The molecule has 1 aromatic carbocycles. The molecule has 2 amide bonds. The molecule has 25 heavy (non-hydrogen) atoms. The van der Waals surface area contributed by atoms with Gasteiger partial charge in [-0.15, -0.1) is 0 Å². The highest BCUT2D eigenvalue weighted by atomic mass is 16.5. The van der Waals surface area contributed by atoms with Crippen LogP contribution in [0.4, 0.5) is 5.69 Å². The predicted molar refractivity (Wildman–Crippen MR) is 93.2 cm³/mol. The number of carbonyl (C=O) groups excluding carboxylic acids is 2. The number of carbonyl (C=O) groups is 2. The molecule has 0 saturated heterocycles. The topological polar surface area (TPSA) is 67.4 Å². The van der Waals surface area contributed by atoms with Gasteiger partial charge in [0.1, 0.15) is 5.75 Å². The van der Waals surface area contributed by atoms with Gasteiger partial charge in [-0.3, -0.25) is 9.59 Å². The lowest BCUT2D eigenvalue weighted by Crippen LogP contribution is -2.60. The maximum atomic E-state index is 12.7. The predicted octanol–water partition coefficient (Wildman–Crippen LogP) is 2.86. The number of anilines is 1. The minimum absolute atomic E-state index is 0.0190. The molecule has 4 aliphatic carbocycles. The van der Waals surface area contributed by atoms with E-state index < -0.39 is 6.10 Å². The molecule has 6 rings (SSSR count). The van der Waals surface area contributed by atoms with Crippen LogP contribution in [0.25, 0.3) is 0 Å². The minimum Gasteiger partial charge on any atom is -0.478 e. The molecule has 5 heteroatoms. The third-order valence-corrected chi connectivity index (χ3v) is 6.52. The Kier molecular flexibility index (Phi) is 3.34. The zero-order valence-corrected chi connectivity index (χ0v) is 14.3. The first-order valence-electron chi connectivity index (χ1n) is 9.46. The van der Waals surface area contributed by atoms with Gasteiger partial charge in [0, 0.05) is 5.54 Å². The van der Waals surface area contributed by atoms with Crippen molar-refractivity contribution in [2.45, 2.75) is 56.6 Å². The fraction of sp³-hybridized carbons (Fsp3) is 0.600. The molecule has 2 N–H and O–H groups in total. The molecule has 5 nitrogen and oxygen atoms in total. The second-order valence-electron chi connectivity index (χ2n) is 8.54. The van der Waals surface area contributed by atoms with Gasteiger partial charge in [0.15, 0.2) is 6.10 Å². The lowest BCUT2D eigenvalue weighted by Gasteiger charge is -2.57. The van der Waals surface area contributed by atoms with Crippen molar-refractivity contribution in [2.24, 2.45) is 17.8 Å². The van der Waals surface area contributed by atoms with Gasteiger partial charge in [-0.05, 0) is 68.4 Å². The molecule has 4 bridgehead atoms. The summed E-state index contributed by atoms with van der Waals surface area (Å²) >= 11 is 0. The quantitative estimate of drug-likeness (QED) is 0.889. The molecule has 1 heterocycles. The van der Waals surface area contributed by atoms with Crippen LogP contribution < -0.4 is 15.4 Å². The monoisotopic (exact) mass is 340 g/mol. The standard InChI is InChI=1S/C20H24N2O3/c23-18(8-17-19(24)21-15-3-1-2-4-16(15)25-17)22-20-9-12-5-13(10-20)7-14(6-12)11-20/h1-4,12-14,17H,5-11H2,(H,21,24)(H,22,23). The van der Waals surface area contributed by atoms with E-state index in [4.69, 9.17) is 4.74 Å². The van der Waals surface area contributed by atoms with Gasteiger partial charge in [0.25, 0.3) is 5.91 Å². The maximum absolute atomic E-state index is 12.7. The number of fused-ring (bicyclic) bond motifs is 1. The van der Waals surface area contributed by atoms with Crippen molar-refractivity contribution >= 4 is 17.5 Å². The van der Waals surface area contributed by atoms with Crippen LogP contribution in [0.5, 0.6) is 5.75 Å². The zero-order chi connectivity index (χ0) is 17.0. The van der Waals surface area contributed by atoms with Crippen LogP contribution in [0.1, 0.15) is 44.9 Å². The Hall–Kier alpha value is -2.04. The molecule has 0 radical (unpaired) electrons. The Bertz CT molecular complexity index is 694. The van der Waals surface area contributed by atoms with Crippen molar-refractivity contribution in [1.82, 2.24) is 5.32 Å². The summed E-state index contributed by atoms with van der Waals surface area (Å²) < 4.78 is 5.76. The van der Waals surface area contributed by atoms with Crippen LogP contribution in [0.2, 0.25) is 0 Å². The van der Waals surface area contributed by atoms with Crippen molar-refractivity contribution in [3.05, 3.63) is 24.3 Å². The van der Waals surface area contributed by atoms with E-state index in [1.165, 1.54) is 19.3 Å². The fourth-order valence-corrected chi connectivity index (χ4v) is 6.01. The number of para-hydroxylation sites is 2. The Labute approximate surface area is 147 Å². The molecule has 0 spiro atoms. The fourth-order valence-electron chi connectivity index (χ4n) is 6.01. The van der Waals surface area contributed by atoms with Crippen molar-refractivity contribution in [1.29, 1.82) is 0 Å². The Morgan fingerprint density at radius 3 is 2.44 bits per heavy atom. The summed E-state index contributed by atoms with van der Waals surface area (Å²) in [5.41, 5.74) is 0.653. The molecule has 1 unspecified atom stereocenters. The molecular weight excluding hydrogens is 316 g/mol. The highest BCUT2D eigenvalue weighted by Gasteiger charge is 2.51. The molecular formula is C20H24N2O3. The van der Waals surface area contributed by atoms with Crippen LogP contribution in [-0.2, 0) is 9.59 Å². The van der Waals surface area contributed by atoms with Gasteiger partial charge in [-0.25, -0.2) is 0 Å². The van der Waals surface area contributed by atoms with Crippen molar-refractivity contribution in [3.63, 3.8) is 0 Å². The number of rotatable bonds is 3. The lowest BCUT2D eigenvalue weighted by molar-refractivity contribution is -0.133. The third kappa shape index (κ3) is 2.70. The summed E-state index contributed by atoms with van der Waals surface area (Å²) in [5, 5.41) is 6.15. The molecule has 132 valence electrons. The van der Waals surface area contributed by atoms with E-state index in [0.29, 0.717) is 11.4 Å². The van der Waals surface area contributed by atoms with Crippen molar-refractivity contribution < 1.29 is 14.3 Å². The molecule has 4 saturated carbocycles. The van der Waals surface area contributed by atoms with E-state index in [9.17, 15) is 9.59 Å². The third-order valence-electron chi connectivity index (χ3n) is 6.52. The number of hydrogen-bond donors (Lipinski definition) is 2. The summed E-state index contributed by atoms with van der Waals surface area (Å²) in [5.74, 6) is 2.70. The first kappa shape index (κ1) is 15.2. The molecule has 1 atom stereocenters. The molecule has 1 aromatic rings. The minimum atomic E-state index is -0.746. The first-order chi connectivity index (χ1) is 12.1. The SMILES string of the molecule is O=C(CC1Oc2ccccc2NC1=O)NC12CC3CC(CC(C3)C1)C2. The van der Waals surface area contributed by atoms with Crippen LogP contribution in [0.3, 0.4) is 0 Å². The highest BCUT2D eigenvalue weighted by Crippen LogP contribution is 2.55. The Balaban J connectivity index is 1.26. The van der Waals surface area contributed by atoms with Gasteiger partial charge in [-0.2, -0.15) is 0 Å². The van der Waals surface area contributed by atoms with Crippen molar-refractivity contribution in [2.75, 3.05) is 5.32 Å². The van der Waals surface area contributed by atoms with E-state index in [0.717, 1.165) is 37.0 Å².